The number of methoxy groups -OCH3 is 2. The van der Waals surface area contributed by atoms with Crippen molar-refractivity contribution in [2.24, 2.45) is 0 Å². The van der Waals surface area contributed by atoms with Gasteiger partial charge in [-0.1, -0.05) is 15.9 Å². The third-order valence-electron chi connectivity index (χ3n) is 3.48. The fourth-order valence-electron chi connectivity index (χ4n) is 2.44. The molecule has 1 heterocycles. The molecule has 0 radical (unpaired) electrons. The van der Waals surface area contributed by atoms with Crippen molar-refractivity contribution in [2.45, 2.75) is 31.7 Å². The number of amides is 1. The third kappa shape index (κ3) is 3.03. The standard InChI is InChI=1S/C14H18BrNO3/c1-14(5-4-13(17)16-14)8-9-6-11(18-2)12(19-3)7-10(9)15/h6-7H,4-5,8H2,1-3H3,(H,16,17). The van der Waals surface area contributed by atoms with Crippen molar-refractivity contribution in [3.63, 3.8) is 0 Å². The molecule has 1 aromatic rings. The minimum Gasteiger partial charge on any atom is -0.493 e. The molecule has 0 bridgehead atoms. The van der Waals surface area contributed by atoms with Crippen LogP contribution in [0.5, 0.6) is 11.5 Å². The second kappa shape index (κ2) is 5.41. The molecule has 19 heavy (non-hydrogen) atoms. The molecule has 0 spiro atoms. The van der Waals surface area contributed by atoms with Gasteiger partial charge in [0.05, 0.1) is 14.2 Å². The predicted molar refractivity (Wildman–Crippen MR) is 76.7 cm³/mol. The van der Waals surface area contributed by atoms with E-state index in [0.29, 0.717) is 17.9 Å². The summed E-state index contributed by atoms with van der Waals surface area (Å²) in [4.78, 5) is 11.4. The van der Waals surface area contributed by atoms with Crippen molar-refractivity contribution in [1.29, 1.82) is 0 Å². The molecule has 1 fully saturated rings. The molecule has 1 aliphatic heterocycles. The maximum absolute atomic E-state index is 11.4. The average molecular weight is 328 g/mol. The molecule has 0 aromatic heterocycles. The molecule has 5 heteroatoms. The van der Waals surface area contributed by atoms with Crippen LogP contribution in [0.3, 0.4) is 0 Å². The van der Waals surface area contributed by atoms with Crippen LogP contribution in [0.2, 0.25) is 0 Å². The van der Waals surface area contributed by atoms with Crippen molar-refractivity contribution in [3.8, 4) is 11.5 Å². The second-order valence-corrected chi connectivity index (χ2v) is 5.94. The summed E-state index contributed by atoms with van der Waals surface area (Å²) in [5, 5.41) is 3.04. The zero-order valence-electron chi connectivity index (χ0n) is 11.4. The highest BCUT2D eigenvalue weighted by molar-refractivity contribution is 9.10. The number of benzene rings is 1. The van der Waals surface area contributed by atoms with Crippen LogP contribution in [0.4, 0.5) is 0 Å². The molecule has 104 valence electrons. The lowest BCUT2D eigenvalue weighted by Gasteiger charge is -2.25. The molecule has 1 aliphatic rings. The van der Waals surface area contributed by atoms with Crippen LogP contribution in [0.1, 0.15) is 25.3 Å². The predicted octanol–water partition coefficient (Wildman–Crippen LogP) is 2.68. The van der Waals surface area contributed by atoms with Gasteiger partial charge in [0, 0.05) is 16.4 Å². The number of hydrogen-bond acceptors (Lipinski definition) is 3. The summed E-state index contributed by atoms with van der Waals surface area (Å²) in [6.07, 6.45) is 2.22. The Morgan fingerprint density at radius 2 is 1.95 bits per heavy atom. The Bertz CT molecular complexity index is 504. The molecule has 1 unspecified atom stereocenters. The second-order valence-electron chi connectivity index (χ2n) is 5.08. The van der Waals surface area contributed by atoms with E-state index in [-0.39, 0.29) is 11.4 Å². The number of rotatable bonds is 4. The lowest BCUT2D eigenvalue weighted by Crippen LogP contribution is -2.40. The summed E-state index contributed by atoms with van der Waals surface area (Å²) in [5.74, 6) is 1.52. The first-order valence-corrected chi connectivity index (χ1v) is 6.98. The average Bonchev–Trinajstić information content (AvgIpc) is 2.71. The van der Waals surface area contributed by atoms with E-state index in [2.05, 4.69) is 28.2 Å². The van der Waals surface area contributed by atoms with Crippen molar-refractivity contribution in [1.82, 2.24) is 5.32 Å². The quantitative estimate of drug-likeness (QED) is 0.924. The Morgan fingerprint density at radius 3 is 2.47 bits per heavy atom. The van der Waals surface area contributed by atoms with Gasteiger partial charge in [-0.2, -0.15) is 0 Å². The van der Waals surface area contributed by atoms with E-state index in [0.717, 1.165) is 22.9 Å². The molecular formula is C14H18BrNO3. The van der Waals surface area contributed by atoms with Crippen molar-refractivity contribution >= 4 is 21.8 Å². The first-order valence-electron chi connectivity index (χ1n) is 6.19. The maximum Gasteiger partial charge on any atom is 0.220 e. The molecule has 0 aliphatic carbocycles. The van der Waals surface area contributed by atoms with Crippen molar-refractivity contribution < 1.29 is 14.3 Å². The minimum absolute atomic E-state index is 0.124. The van der Waals surface area contributed by atoms with E-state index >= 15 is 0 Å². The lowest BCUT2D eigenvalue weighted by molar-refractivity contribution is -0.119. The molecule has 1 saturated heterocycles. The van der Waals surface area contributed by atoms with Crippen molar-refractivity contribution in [2.75, 3.05) is 14.2 Å². The monoisotopic (exact) mass is 327 g/mol. The van der Waals surface area contributed by atoms with Gasteiger partial charge in [0.15, 0.2) is 11.5 Å². The Morgan fingerprint density at radius 1 is 1.32 bits per heavy atom. The minimum atomic E-state index is -0.181. The molecule has 1 amide bonds. The SMILES string of the molecule is COc1cc(Br)c(CC2(C)CCC(=O)N2)cc1OC. The van der Waals surface area contributed by atoms with Crippen LogP contribution in [0.15, 0.2) is 16.6 Å². The van der Waals surface area contributed by atoms with Crippen LogP contribution in [0.25, 0.3) is 0 Å². The summed E-state index contributed by atoms with van der Waals surface area (Å²) >= 11 is 3.55. The van der Waals surface area contributed by atoms with Gasteiger partial charge < -0.3 is 14.8 Å². The van der Waals surface area contributed by atoms with E-state index in [9.17, 15) is 4.79 Å². The van der Waals surface area contributed by atoms with Crippen LogP contribution in [0, 0.1) is 0 Å². The highest BCUT2D eigenvalue weighted by atomic mass is 79.9. The Balaban J connectivity index is 2.27. The summed E-state index contributed by atoms with van der Waals surface area (Å²) < 4.78 is 11.5. The molecule has 1 aromatic carbocycles. The van der Waals surface area contributed by atoms with E-state index < -0.39 is 0 Å². The maximum atomic E-state index is 11.4. The summed E-state index contributed by atoms with van der Waals surface area (Å²) in [7, 11) is 3.23. The highest BCUT2D eigenvalue weighted by Crippen LogP contribution is 2.36. The number of carbonyl (C=O) groups is 1. The van der Waals surface area contributed by atoms with Gasteiger partial charge in [-0.05, 0) is 37.5 Å². The largest absolute Gasteiger partial charge is 0.493 e. The Kier molecular flexibility index (Phi) is 4.04. The van der Waals surface area contributed by atoms with Crippen LogP contribution >= 0.6 is 15.9 Å². The van der Waals surface area contributed by atoms with Crippen molar-refractivity contribution in [3.05, 3.63) is 22.2 Å². The first kappa shape index (κ1) is 14.2. The van der Waals surface area contributed by atoms with E-state index in [1.54, 1.807) is 14.2 Å². The summed E-state index contributed by atoms with van der Waals surface area (Å²) in [6.45, 7) is 2.07. The zero-order chi connectivity index (χ0) is 14.0. The molecule has 0 saturated carbocycles. The van der Waals surface area contributed by atoms with Gasteiger partial charge >= 0.3 is 0 Å². The number of hydrogen-bond donors (Lipinski definition) is 1. The van der Waals surface area contributed by atoms with Gasteiger partial charge in [0.25, 0.3) is 0 Å². The normalized spacial score (nSPS) is 22.2. The zero-order valence-corrected chi connectivity index (χ0v) is 13.0. The first-order chi connectivity index (χ1) is 8.97. The van der Waals surface area contributed by atoms with Gasteiger partial charge in [0.2, 0.25) is 5.91 Å². The highest BCUT2D eigenvalue weighted by Gasteiger charge is 2.33. The van der Waals surface area contributed by atoms with E-state index in [4.69, 9.17) is 9.47 Å². The van der Waals surface area contributed by atoms with Gasteiger partial charge in [-0.3, -0.25) is 4.79 Å². The molecule has 2 rings (SSSR count). The van der Waals surface area contributed by atoms with E-state index in [1.165, 1.54) is 0 Å². The van der Waals surface area contributed by atoms with E-state index in [1.807, 2.05) is 12.1 Å². The fraction of sp³-hybridized carbons (Fsp3) is 0.500. The Hall–Kier alpha value is -1.23. The van der Waals surface area contributed by atoms with Crippen LogP contribution in [-0.2, 0) is 11.2 Å². The summed E-state index contributed by atoms with van der Waals surface area (Å²) in [5.41, 5.74) is 0.918. The Labute approximate surface area is 121 Å². The van der Waals surface area contributed by atoms with Crippen LogP contribution in [-0.4, -0.2) is 25.7 Å². The lowest BCUT2D eigenvalue weighted by atomic mass is 9.91. The number of carbonyl (C=O) groups excluding carboxylic acids is 1. The number of nitrogens with one attached hydrogen (secondary N) is 1. The van der Waals surface area contributed by atoms with Crippen LogP contribution < -0.4 is 14.8 Å². The number of ether oxygens (including phenoxy) is 2. The fourth-order valence-corrected chi connectivity index (χ4v) is 2.90. The third-order valence-corrected chi connectivity index (χ3v) is 4.22. The molecule has 1 atom stereocenters. The van der Waals surface area contributed by atoms with Gasteiger partial charge in [-0.25, -0.2) is 0 Å². The molecule has 4 nitrogen and oxygen atoms in total. The molecular weight excluding hydrogens is 310 g/mol. The smallest absolute Gasteiger partial charge is 0.220 e. The molecule has 1 N–H and O–H groups in total. The summed E-state index contributed by atoms with van der Waals surface area (Å²) in [6, 6.07) is 3.85. The topological polar surface area (TPSA) is 47.6 Å². The van der Waals surface area contributed by atoms with Gasteiger partial charge in [-0.15, -0.1) is 0 Å². The number of halogens is 1. The van der Waals surface area contributed by atoms with Gasteiger partial charge in [0.1, 0.15) is 0 Å².